The summed E-state index contributed by atoms with van der Waals surface area (Å²) >= 11 is 0. The number of hydrogen-bond acceptors (Lipinski definition) is 4. The van der Waals surface area contributed by atoms with Crippen molar-refractivity contribution in [2.24, 2.45) is 0 Å². The van der Waals surface area contributed by atoms with E-state index in [1.807, 2.05) is 32.2 Å². The summed E-state index contributed by atoms with van der Waals surface area (Å²) in [7, 11) is 0. The third kappa shape index (κ3) is 5.91. The fourth-order valence-corrected chi connectivity index (χ4v) is 4.40. The molecule has 0 spiro atoms. The number of aromatic nitrogens is 2. The van der Waals surface area contributed by atoms with Crippen LogP contribution in [0.1, 0.15) is 78.5 Å². The second-order valence-corrected chi connectivity index (χ2v) is 9.08. The highest BCUT2D eigenvalue weighted by Crippen LogP contribution is 2.29. The molecule has 0 unspecified atom stereocenters. The minimum atomic E-state index is -0.434. The van der Waals surface area contributed by atoms with E-state index in [9.17, 15) is 14.4 Å². The van der Waals surface area contributed by atoms with Gasteiger partial charge in [-0.2, -0.15) is 0 Å². The molecule has 0 atom stereocenters. The van der Waals surface area contributed by atoms with Gasteiger partial charge in [-0.15, -0.1) is 0 Å². The van der Waals surface area contributed by atoms with Crippen LogP contribution in [0, 0.1) is 13.8 Å². The van der Waals surface area contributed by atoms with Gasteiger partial charge in [0.25, 0.3) is 11.5 Å². The Kier molecular flexibility index (Phi) is 8.33. The number of esters is 1. The number of nitrogens with zero attached hydrogens (tertiary/aromatic N) is 1. The number of carbonyl (C=O) groups is 2. The van der Waals surface area contributed by atoms with Crippen LogP contribution in [0.4, 0.5) is 0 Å². The fraction of sp³-hybridized carbons (Fsp3) is 0.393. The quantitative estimate of drug-likeness (QED) is 0.336. The molecule has 0 saturated carbocycles. The number of carbonyl (C=O) groups excluding carboxylic acids is 2. The molecule has 186 valence electrons. The van der Waals surface area contributed by atoms with Gasteiger partial charge >= 0.3 is 5.97 Å². The van der Waals surface area contributed by atoms with Gasteiger partial charge in [-0.1, -0.05) is 13.3 Å². The van der Waals surface area contributed by atoms with Gasteiger partial charge in [0.1, 0.15) is 0 Å². The summed E-state index contributed by atoms with van der Waals surface area (Å²) in [6.07, 6.45) is 6.73. The van der Waals surface area contributed by atoms with Crippen molar-refractivity contribution in [1.82, 2.24) is 14.9 Å². The summed E-state index contributed by atoms with van der Waals surface area (Å²) in [5.74, 6) is -0.704. The van der Waals surface area contributed by atoms with Gasteiger partial charge in [-0.25, -0.2) is 4.79 Å². The van der Waals surface area contributed by atoms with Crippen molar-refractivity contribution < 1.29 is 14.3 Å². The van der Waals surface area contributed by atoms with E-state index >= 15 is 0 Å². The predicted octanol–water partition coefficient (Wildman–Crippen LogP) is 4.99. The molecule has 0 aliphatic rings. The highest BCUT2D eigenvalue weighted by atomic mass is 16.5. The molecule has 0 aliphatic heterocycles. The summed E-state index contributed by atoms with van der Waals surface area (Å²) in [6, 6.07) is 5.91. The molecule has 3 rings (SSSR count). The third-order valence-electron chi connectivity index (χ3n) is 5.95. The third-order valence-corrected chi connectivity index (χ3v) is 5.95. The molecule has 0 radical (unpaired) electrons. The molecule has 1 amide bonds. The summed E-state index contributed by atoms with van der Waals surface area (Å²) in [6.45, 7) is 12.3. The number of fused-ring (bicyclic) bond motifs is 1. The van der Waals surface area contributed by atoms with Crippen molar-refractivity contribution in [3.8, 4) is 0 Å². The Morgan fingerprint density at radius 1 is 1.17 bits per heavy atom. The molecule has 0 fully saturated rings. The van der Waals surface area contributed by atoms with Crippen LogP contribution in [-0.2, 0) is 22.5 Å². The van der Waals surface area contributed by atoms with Gasteiger partial charge in [0.15, 0.2) is 0 Å². The van der Waals surface area contributed by atoms with Crippen LogP contribution in [-0.4, -0.2) is 28.0 Å². The average molecular weight is 478 g/mol. The number of ether oxygens (including phenoxy) is 1. The first-order valence-corrected chi connectivity index (χ1v) is 12.2. The summed E-state index contributed by atoms with van der Waals surface area (Å²) in [4.78, 5) is 40.8. The lowest BCUT2D eigenvalue weighted by Gasteiger charge is -2.13. The second-order valence-electron chi connectivity index (χ2n) is 9.08. The molecular formula is C28H35N3O4. The van der Waals surface area contributed by atoms with Crippen molar-refractivity contribution >= 4 is 28.9 Å². The first-order chi connectivity index (χ1) is 16.7. The molecule has 3 aromatic rings. The van der Waals surface area contributed by atoms with E-state index in [0.717, 1.165) is 46.1 Å². The van der Waals surface area contributed by atoms with E-state index in [4.69, 9.17) is 4.74 Å². The number of H-pyrrole nitrogens is 1. The van der Waals surface area contributed by atoms with Crippen LogP contribution in [0.3, 0.4) is 0 Å². The standard InChI is InChI=1S/C28H35N3O4/c1-7-9-21-12-19(6)30-28(34)23(21)15-29-27(33)22-13-20(10-11-25(32)35-8-2)14-24-26(22)18(5)16-31(24)17(3)4/h10-14,16-17H,7-9,15H2,1-6H3,(H,29,33)(H,30,34)/b11-10+. The van der Waals surface area contributed by atoms with Crippen LogP contribution >= 0.6 is 0 Å². The van der Waals surface area contributed by atoms with Crippen LogP contribution < -0.4 is 10.9 Å². The minimum Gasteiger partial charge on any atom is -0.463 e. The maximum absolute atomic E-state index is 13.5. The number of aryl methyl sites for hydroxylation is 3. The van der Waals surface area contributed by atoms with Crippen LogP contribution in [0.5, 0.6) is 0 Å². The Bertz CT molecular complexity index is 1330. The molecule has 2 heterocycles. The van der Waals surface area contributed by atoms with E-state index in [1.165, 1.54) is 6.08 Å². The molecule has 1 aromatic carbocycles. The zero-order valence-electron chi connectivity index (χ0n) is 21.5. The molecular weight excluding hydrogens is 442 g/mol. The molecule has 0 aliphatic carbocycles. The maximum atomic E-state index is 13.5. The molecule has 2 aromatic heterocycles. The van der Waals surface area contributed by atoms with Crippen molar-refractivity contribution in [2.45, 2.75) is 67.0 Å². The number of amides is 1. The first-order valence-electron chi connectivity index (χ1n) is 12.2. The van der Waals surface area contributed by atoms with E-state index < -0.39 is 5.97 Å². The lowest BCUT2D eigenvalue weighted by Crippen LogP contribution is -2.28. The van der Waals surface area contributed by atoms with E-state index in [1.54, 1.807) is 19.1 Å². The lowest BCUT2D eigenvalue weighted by molar-refractivity contribution is -0.137. The van der Waals surface area contributed by atoms with Gasteiger partial charge < -0.3 is 19.6 Å². The summed E-state index contributed by atoms with van der Waals surface area (Å²) in [5.41, 5.74) is 5.28. The van der Waals surface area contributed by atoms with Gasteiger partial charge in [-0.05, 0) is 82.0 Å². The predicted molar refractivity (Wildman–Crippen MR) is 140 cm³/mol. The van der Waals surface area contributed by atoms with Crippen molar-refractivity contribution in [3.63, 3.8) is 0 Å². The van der Waals surface area contributed by atoms with E-state index in [-0.39, 0.29) is 24.1 Å². The van der Waals surface area contributed by atoms with Gasteiger partial charge in [0.2, 0.25) is 0 Å². The minimum absolute atomic E-state index is 0.137. The molecule has 2 N–H and O–H groups in total. The van der Waals surface area contributed by atoms with Crippen LogP contribution in [0.2, 0.25) is 0 Å². The van der Waals surface area contributed by atoms with Crippen LogP contribution in [0.25, 0.3) is 17.0 Å². The number of rotatable bonds is 9. The molecule has 0 bridgehead atoms. The number of nitrogens with one attached hydrogen (secondary N) is 2. The zero-order chi connectivity index (χ0) is 25.7. The Balaban J connectivity index is 2.03. The van der Waals surface area contributed by atoms with Crippen LogP contribution in [0.15, 0.2) is 35.3 Å². The average Bonchev–Trinajstić information content (AvgIpc) is 3.13. The van der Waals surface area contributed by atoms with Crippen molar-refractivity contribution in [3.05, 3.63) is 74.3 Å². The number of aromatic amines is 1. The second kappa shape index (κ2) is 11.2. The van der Waals surface area contributed by atoms with Gasteiger partial charge in [-0.3, -0.25) is 9.59 Å². The molecule has 7 heteroatoms. The smallest absolute Gasteiger partial charge is 0.330 e. The normalized spacial score (nSPS) is 11.5. The number of benzene rings is 1. The summed E-state index contributed by atoms with van der Waals surface area (Å²) in [5, 5.41) is 3.82. The number of hydrogen-bond donors (Lipinski definition) is 2. The Hall–Kier alpha value is -3.61. The summed E-state index contributed by atoms with van der Waals surface area (Å²) < 4.78 is 7.11. The van der Waals surface area contributed by atoms with Crippen molar-refractivity contribution in [1.29, 1.82) is 0 Å². The number of pyridine rings is 1. The van der Waals surface area contributed by atoms with E-state index in [0.29, 0.717) is 17.7 Å². The topological polar surface area (TPSA) is 93.2 Å². The highest BCUT2D eigenvalue weighted by Gasteiger charge is 2.19. The van der Waals surface area contributed by atoms with Gasteiger partial charge in [0, 0.05) is 52.6 Å². The molecule has 0 saturated heterocycles. The first kappa shape index (κ1) is 26.0. The highest BCUT2D eigenvalue weighted by molar-refractivity contribution is 6.09. The van der Waals surface area contributed by atoms with Crippen molar-refractivity contribution in [2.75, 3.05) is 6.61 Å². The Morgan fingerprint density at radius 3 is 2.57 bits per heavy atom. The zero-order valence-corrected chi connectivity index (χ0v) is 21.5. The van der Waals surface area contributed by atoms with E-state index in [2.05, 4.69) is 35.6 Å². The lowest BCUT2D eigenvalue weighted by atomic mass is 10.0. The van der Waals surface area contributed by atoms with Gasteiger partial charge in [0.05, 0.1) is 6.61 Å². The SMILES string of the molecule is CCCc1cc(C)[nH]c(=O)c1CNC(=O)c1cc(/C=C/C(=O)OCC)cc2c1c(C)cn2C(C)C. The maximum Gasteiger partial charge on any atom is 0.330 e. The molecule has 7 nitrogen and oxygen atoms in total. The monoisotopic (exact) mass is 477 g/mol. The Labute approximate surface area is 206 Å². The fourth-order valence-electron chi connectivity index (χ4n) is 4.40. The largest absolute Gasteiger partial charge is 0.463 e. The Morgan fingerprint density at radius 2 is 1.91 bits per heavy atom. The molecule has 35 heavy (non-hydrogen) atoms.